The van der Waals surface area contributed by atoms with E-state index in [0.717, 1.165) is 27.6 Å². The van der Waals surface area contributed by atoms with Crippen molar-refractivity contribution in [2.24, 2.45) is 0 Å². The van der Waals surface area contributed by atoms with Crippen molar-refractivity contribution in [2.75, 3.05) is 11.9 Å². The number of hydrogen-bond donors (Lipinski definition) is 0. The number of fused-ring (bicyclic) bond motifs is 4. The molecule has 0 bridgehead atoms. The van der Waals surface area contributed by atoms with Crippen molar-refractivity contribution in [3.8, 4) is 11.1 Å². The highest BCUT2D eigenvalue weighted by Crippen LogP contribution is 2.53. The first kappa shape index (κ1) is 26.9. The van der Waals surface area contributed by atoms with Gasteiger partial charge in [-0.05, 0) is 64.7 Å². The summed E-state index contributed by atoms with van der Waals surface area (Å²) in [5.41, 5.74) is 5.99. The second-order valence-electron chi connectivity index (χ2n) is 10.7. The van der Waals surface area contributed by atoms with E-state index >= 15 is 0 Å². The van der Waals surface area contributed by atoms with Crippen LogP contribution in [0.4, 0.5) is 21.9 Å². The number of quaternary nitrogens is 1. The third kappa shape index (κ3) is 4.20. The average molecular weight is 588 g/mol. The SMILES string of the molecule is Cc1ccc(S(=O)(=O)O[N+]2(c3ccccc3C)C(=O)N(C)c3cnc4ccc(-c5cnc6ccccc6c5)cc4c32)cc1. The summed E-state index contributed by atoms with van der Waals surface area (Å²) in [5, 5.41) is 1.58. The molecule has 1 aliphatic heterocycles. The maximum absolute atomic E-state index is 14.4. The van der Waals surface area contributed by atoms with Crippen LogP contribution < -0.4 is 9.55 Å². The van der Waals surface area contributed by atoms with Crippen LogP contribution in [0.1, 0.15) is 11.1 Å². The van der Waals surface area contributed by atoms with Gasteiger partial charge < -0.3 is 0 Å². The number of para-hydroxylation sites is 2. The standard InChI is InChI=1S/C34H27N4O4S/c1-22-12-15-27(16-13-22)43(40,41)42-38(32-11-7-4-8-23(32)2)33-28-19-24(26-18-25-9-5-6-10-29(25)35-20-26)14-17-30(28)36-21-31(33)37(3)34(38)39/h4-21H,1-3H3/q+1. The van der Waals surface area contributed by atoms with E-state index in [1.165, 1.54) is 17.0 Å². The Bertz CT molecular complexity index is 2200. The monoisotopic (exact) mass is 587 g/mol. The van der Waals surface area contributed by atoms with Gasteiger partial charge in [0.15, 0.2) is 5.69 Å². The molecule has 0 N–H and O–H groups in total. The lowest BCUT2D eigenvalue weighted by atomic mass is 10.0. The molecular formula is C34H27N4O4S+. The summed E-state index contributed by atoms with van der Waals surface area (Å²) in [6.45, 7) is 3.70. The molecule has 2 amide bonds. The molecule has 1 unspecified atom stereocenters. The minimum atomic E-state index is -4.44. The number of anilines is 1. The van der Waals surface area contributed by atoms with Gasteiger partial charge in [-0.25, -0.2) is 4.79 Å². The molecule has 3 heterocycles. The average Bonchev–Trinajstić information content (AvgIpc) is 3.23. The van der Waals surface area contributed by atoms with Crippen LogP contribution in [0, 0.1) is 13.8 Å². The van der Waals surface area contributed by atoms with Gasteiger partial charge in [0, 0.05) is 35.8 Å². The third-order valence-electron chi connectivity index (χ3n) is 7.95. The Morgan fingerprint density at radius 1 is 0.767 bits per heavy atom. The van der Waals surface area contributed by atoms with Crippen molar-refractivity contribution in [3.63, 3.8) is 0 Å². The Morgan fingerprint density at radius 3 is 2.28 bits per heavy atom. The van der Waals surface area contributed by atoms with Crippen LogP contribution in [-0.4, -0.2) is 31.5 Å². The van der Waals surface area contributed by atoms with Crippen LogP contribution in [0.3, 0.4) is 0 Å². The predicted octanol–water partition coefficient (Wildman–Crippen LogP) is 7.60. The van der Waals surface area contributed by atoms with E-state index < -0.39 is 20.8 Å². The van der Waals surface area contributed by atoms with Crippen molar-refractivity contribution in [2.45, 2.75) is 18.7 Å². The molecule has 9 heteroatoms. The molecule has 6 aromatic rings. The van der Waals surface area contributed by atoms with Crippen molar-refractivity contribution in [3.05, 3.63) is 121 Å². The number of hydrogen-bond acceptors (Lipinski definition) is 6. The van der Waals surface area contributed by atoms with Crippen molar-refractivity contribution < 1.29 is 17.5 Å². The molecule has 2 aromatic heterocycles. The van der Waals surface area contributed by atoms with Gasteiger partial charge in [-0.1, -0.05) is 60.2 Å². The summed E-state index contributed by atoms with van der Waals surface area (Å²) >= 11 is 0. The highest BCUT2D eigenvalue weighted by molar-refractivity contribution is 7.86. The van der Waals surface area contributed by atoms with Gasteiger partial charge >= 0.3 is 16.1 Å². The molecule has 8 nitrogen and oxygen atoms in total. The Hall–Kier alpha value is -4.96. The summed E-state index contributed by atoms with van der Waals surface area (Å²) in [7, 11) is -2.84. The molecule has 43 heavy (non-hydrogen) atoms. The minimum Gasteiger partial charge on any atom is -0.256 e. The number of hydroxylamine groups is 1. The number of amides is 2. The number of rotatable bonds is 5. The number of aryl methyl sites for hydroxylation is 2. The molecule has 0 fully saturated rings. The summed E-state index contributed by atoms with van der Waals surface area (Å²) in [5.74, 6) is 0. The van der Waals surface area contributed by atoms with E-state index in [0.29, 0.717) is 33.5 Å². The van der Waals surface area contributed by atoms with Gasteiger partial charge in [0.25, 0.3) is 0 Å². The molecule has 1 aliphatic rings. The molecule has 0 radical (unpaired) electrons. The lowest BCUT2D eigenvalue weighted by molar-refractivity contribution is 0.0634. The lowest BCUT2D eigenvalue weighted by Gasteiger charge is -2.28. The van der Waals surface area contributed by atoms with E-state index in [1.807, 2.05) is 68.4 Å². The van der Waals surface area contributed by atoms with Crippen LogP contribution in [0.15, 0.2) is 114 Å². The third-order valence-corrected chi connectivity index (χ3v) is 9.22. The zero-order valence-electron chi connectivity index (χ0n) is 23.7. The number of pyridine rings is 2. The first-order chi connectivity index (χ1) is 20.7. The number of carbonyl (C=O) groups is 1. The second-order valence-corrected chi connectivity index (χ2v) is 12.2. The largest absolute Gasteiger partial charge is 0.468 e. The first-order valence-electron chi connectivity index (χ1n) is 13.7. The first-order valence-corrected chi connectivity index (χ1v) is 15.1. The lowest BCUT2D eigenvalue weighted by Crippen LogP contribution is -2.52. The highest BCUT2D eigenvalue weighted by atomic mass is 32.2. The summed E-state index contributed by atoms with van der Waals surface area (Å²) in [6, 6.07) is 28.6. The molecule has 1 atom stereocenters. The van der Waals surface area contributed by atoms with Crippen molar-refractivity contribution in [1.82, 2.24) is 14.6 Å². The van der Waals surface area contributed by atoms with Crippen LogP contribution in [0.25, 0.3) is 32.9 Å². The maximum Gasteiger partial charge on any atom is 0.468 e. The van der Waals surface area contributed by atoms with Gasteiger partial charge in [0.1, 0.15) is 5.69 Å². The molecule has 4 aromatic carbocycles. The number of nitrogens with zero attached hydrogens (tertiary/aromatic N) is 4. The summed E-state index contributed by atoms with van der Waals surface area (Å²) in [4.78, 5) is 25.0. The quantitative estimate of drug-likeness (QED) is 0.193. The fourth-order valence-corrected chi connectivity index (χ4v) is 6.78. The summed E-state index contributed by atoms with van der Waals surface area (Å²) in [6.07, 6.45) is 3.39. The van der Waals surface area contributed by atoms with Gasteiger partial charge in [-0.15, -0.1) is 0 Å². The van der Waals surface area contributed by atoms with Gasteiger partial charge in [-0.3, -0.25) is 14.9 Å². The number of urea groups is 1. The fourth-order valence-electron chi connectivity index (χ4n) is 5.71. The van der Waals surface area contributed by atoms with E-state index in [1.54, 1.807) is 43.7 Å². The van der Waals surface area contributed by atoms with Gasteiger partial charge in [0.05, 0.1) is 27.5 Å². The van der Waals surface area contributed by atoms with Crippen molar-refractivity contribution >= 4 is 55.0 Å². The molecule has 0 saturated carbocycles. The Labute approximate surface area is 249 Å². The molecule has 0 saturated heterocycles. The van der Waals surface area contributed by atoms with Crippen molar-refractivity contribution in [1.29, 1.82) is 0 Å². The zero-order valence-corrected chi connectivity index (χ0v) is 24.5. The number of aromatic nitrogens is 2. The normalized spacial score (nSPS) is 16.6. The zero-order chi connectivity index (χ0) is 29.9. The molecular weight excluding hydrogens is 560 g/mol. The van der Waals surface area contributed by atoms with Crippen LogP contribution in [0.2, 0.25) is 0 Å². The molecule has 7 rings (SSSR count). The Balaban J connectivity index is 1.52. The summed E-state index contributed by atoms with van der Waals surface area (Å²) < 4.78 is 33.1. The Kier molecular flexibility index (Phi) is 6.14. The van der Waals surface area contributed by atoms with Crippen LogP contribution >= 0.6 is 0 Å². The topological polar surface area (TPSA) is 89.5 Å². The van der Waals surface area contributed by atoms with E-state index in [-0.39, 0.29) is 4.90 Å². The van der Waals surface area contributed by atoms with E-state index in [9.17, 15) is 13.2 Å². The molecule has 212 valence electrons. The molecule has 0 aliphatic carbocycles. The van der Waals surface area contributed by atoms with Gasteiger partial charge in [0.2, 0.25) is 5.69 Å². The van der Waals surface area contributed by atoms with Crippen LogP contribution in [0.5, 0.6) is 0 Å². The van der Waals surface area contributed by atoms with E-state index in [2.05, 4.69) is 16.0 Å². The smallest absolute Gasteiger partial charge is 0.256 e. The number of benzene rings is 4. The highest BCUT2D eigenvalue weighted by Gasteiger charge is 2.60. The van der Waals surface area contributed by atoms with Gasteiger partial charge in [-0.2, -0.15) is 8.42 Å². The van der Waals surface area contributed by atoms with Crippen LogP contribution in [-0.2, 0) is 14.4 Å². The maximum atomic E-state index is 14.4. The second kappa shape index (κ2) is 9.81. The van der Waals surface area contributed by atoms with E-state index in [4.69, 9.17) is 4.28 Å². The molecule has 0 spiro atoms. The number of carbonyl (C=O) groups excluding carboxylic acids is 1. The fraction of sp³-hybridized carbons (Fsp3) is 0.0882. The predicted molar refractivity (Wildman–Crippen MR) is 168 cm³/mol. The Morgan fingerprint density at radius 2 is 1.49 bits per heavy atom. The minimum absolute atomic E-state index is 0.0469.